The standard InChI is InChI=1S/C10H9N5O2/c11-4-7(14-10-12-5-13-15-10)6-1-2-8(16)9(17)3-6/h1-3,5,7,16-17H,(H2,12,13,14,15). The lowest BCUT2D eigenvalue weighted by atomic mass is 10.1. The summed E-state index contributed by atoms with van der Waals surface area (Å²) in [5.41, 5.74) is 0.513. The van der Waals surface area contributed by atoms with Crippen molar-refractivity contribution in [1.82, 2.24) is 15.2 Å². The van der Waals surface area contributed by atoms with Gasteiger partial charge in [-0.1, -0.05) is 6.07 Å². The minimum Gasteiger partial charge on any atom is -0.504 e. The Balaban J connectivity index is 2.24. The lowest BCUT2D eigenvalue weighted by molar-refractivity contribution is 0.403. The number of anilines is 1. The van der Waals surface area contributed by atoms with Gasteiger partial charge >= 0.3 is 0 Å². The van der Waals surface area contributed by atoms with Crippen LogP contribution in [-0.4, -0.2) is 25.4 Å². The first-order valence-electron chi connectivity index (χ1n) is 4.74. The Morgan fingerprint density at radius 2 is 2.18 bits per heavy atom. The summed E-state index contributed by atoms with van der Waals surface area (Å²) in [6, 6.07) is 5.47. The third-order valence-corrected chi connectivity index (χ3v) is 2.16. The van der Waals surface area contributed by atoms with Gasteiger partial charge in [0, 0.05) is 0 Å². The van der Waals surface area contributed by atoms with E-state index in [1.54, 1.807) is 0 Å². The zero-order valence-electron chi connectivity index (χ0n) is 8.62. The number of nitrogens with zero attached hydrogens (tertiary/aromatic N) is 3. The Hall–Kier alpha value is -2.75. The van der Waals surface area contributed by atoms with Crippen molar-refractivity contribution in [1.29, 1.82) is 5.26 Å². The van der Waals surface area contributed by atoms with E-state index in [1.807, 2.05) is 6.07 Å². The molecule has 2 rings (SSSR count). The van der Waals surface area contributed by atoms with Gasteiger partial charge in [-0.3, -0.25) is 0 Å². The molecule has 0 saturated carbocycles. The Morgan fingerprint density at radius 3 is 2.76 bits per heavy atom. The number of phenols is 2. The second-order valence-electron chi connectivity index (χ2n) is 3.29. The number of hydrogen-bond acceptors (Lipinski definition) is 6. The molecule has 0 amide bonds. The molecular formula is C10H9N5O2. The van der Waals surface area contributed by atoms with Crippen LogP contribution in [0.25, 0.3) is 0 Å². The first-order chi connectivity index (χ1) is 8.20. The molecule has 0 aliphatic rings. The molecule has 0 fully saturated rings. The number of H-pyrrole nitrogens is 1. The number of nitrogens with one attached hydrogen (secondary N) is 2. The SMILES string of the molecule is N#CC(Nc1ncn[nH]1)c1ccc(O)c(O)c1. The lowest BCUT2D eigenvalue weighted by Crippen LogP contribution is -2.09. The Kier molecular flexibility index (Phi) is 2.79. The largest absolute Gasteiger partial charge is 0.504 e. The third kappa shape index (κ3) is 2.26. The molecule has 1 atom stereocenters. The number of aromatic nitrogens is 3. The summed E-state index contributed by atoms with van der Waals surface area (Å²) in [5.74, 6) is -0.156. The smallest absolute Gasteiger partial charge is 0.219 e. The number of benzene rings is 1. The van der Waals surface area contributed by atoms with Crippen LogP contribution in [0.1, 0.15) is 11.6 Å². The molecule has 86 valence electrons. The van der Waals surface area contributed by atoms with Crippen molar-refractivity contribution in [2.24, 2.45) is 0 Å². The Labute approximate surface area is 96.4 Å². The van der Waals surface area contributed by atoms with Gasteiger partial charge in [0.25, 0.3) is 0 Å². The van der Waals surface area contributed by atoms with Crippen LogP contribution in [0.2, 0.25) is 0 Å². The molecule has 1 heterocycles. The number of hydrogen-bond donors (Lipinski definition) is 4. The van der Waals surface area contributed by atoms with Crippen molar-refractivity contribution in [2.75, 3.05) is 5.32 Å². The van der Waals surface area contributed by atoms with E-state index in [9.17, 15) is 10.2 Å². The van der Waals surface area contributed by atoms with Crippen molar-refractivity contribution in [2.45, 2.75) is 6.04 Å². The van der Waals surface area contributed by atoms with Crippen LogP contribution in [-0.2, 0) is 0 Å². The maximum Gasteiger partial charge on any atom is 0.219 e. The molecule has 0 aliphatic carbocycles. The molecule has 4 N–H and O–H groups in total. The molecule has 0 saturated heterocycles. The van der Waals surface area contributed by atoms with Crippen molar-refractivity contribution < 1.29 is 10.2 Å². The van der Waals surface area contributed by atoms with E-state index < -0.39 is 6.04 Å². The maximum absolute atomic E-state index is 9.35. The topological polar surface area (TPSA) is 118 Å². The number of phenolic OH excluding ortho intramolecular Hbond substituents is 2. The summed E-state index contributed by atoms with van der Waals surface area (Å²) in [5, 5.41) is 36.5. The molecule has 0 radical (unpaired) electrons. The normalized spacial score (nSPS) is 11.7. The van der Waals surface area contributed by atoms with Crippen LogP contribution in [0.4, 0.5) is 5.95 Å². The van der Waals surface area contributed by atoms with E-state index in [4.69, 9.17) is 5.26 Å². The number of aromatic hydroxyl groups is 2. The molecule has 1 unspecified atom stereocenters. The highest BCUT2D eigenvalue weighted by atomic mass is 16.3. The molecule has 1 aromatic carbocycles. The molecule has 0 spiro atoms. The van der Waals surface area contributed by atoms with E-state index in [0.29, 0.717) is 11.5 Å². The quantitative estimate of drug-likeness (QED) is 0.583. The molecule has 2 aromatic rings. The van der Waals surface area contributed by atoms with E-state index in [0.717, 1.165) is 0 Å². The Bertz CT molecular complexity index is 546. The minimum atomic E-state index is -0.700. The second-order valence-corrected chi connectivity index (χ2v) is 3.29. The molecular weight excluding hydrogens is 222 g/mol. The predicted octanol–water partition coefficient (Wildman–Crippen LogP) is 0.893. The van der Waals surface area contributed by atoms with Crippen LogP contribution in [0.3, 0.4) is 0 Å². The first kappa shape index (κ1) is 10.8. The highest BCUT2D eigenvalue weighted by molar-refractivity contribution is 5.45. The summed E-state index contributed by atoms with van der Waals surface area (Å²) >= 11 is 0. The molecule has 17 heavy (non-hydrogen) atoms. The van der Waals surface area contributed by atoms with Gasteiger partial charge in [-0.25, -0.2) is 10.1 Å². The summed E-state index contributed by atoms with van der Waals surface area (Å²) in [6.07, 6.45) is 1.31. The Morgan fingerprint density at radius 1 is 1.35 bits per heavy atom. The fraction of sp³-hybridized carbons (Fsp3) is 0.100. The number of aromatic amines is 1. The van der Waals surface area contributed by atoms with E-state index in [1.165, 1.54) is 24.5 Å². The summed E-state index contributed by atoms with van der Waals surface area (Å²) in [7, 11) is 0. The maximum atomic E-state index is 9.35. The van der Waals surface area contributed by atoms with E-state index >= 15 is 0 Å². The van der Waals surface area contributed by atoms with Crippen LogP contribution in [0.5, 0.6) is 11.5 Å². The van der Waals surface area contributed by atoms with Crippen molar-refractivity contribution in [3.8, 4) is 17.6 Å². The third-order valence-electron chi connectivity index (χ3n) is 2.16. The average molecular weight is 231 g/mol. The molecule has 1 aromatic heterocycles. The van der Waals surface area contributed by atoms with Gasteiger partial charge < -0.3 is 15.5 Å². The van der Waals surface area contributed by atoms with Gasteiger partial charge in [-0.2, -0.15) is 10.4 Å². The van der Waals surface area contributed by atoms with Crippen LogP contribution >= 0.6 is 0 Å². The lowest BCUT2D eigenvalue weighted by Gasteiger charge is -2.11. The highest BCUT2D eigenvalue weighted by Crippen LogP contribution is 2.28. The van der Waals surface area contributed by atoms with Crippen molar-refractivity contribution in [3.63, 3.8) is 0 Å². The van der Waals surface area contributed by atoms with Crippen molar-refractivity contribution >= 4 is 5.95 Å². The highest BCUT2D eigenvalue weighted by Gasteiger charge is 2.13. The van der Waals surface area contributed by atoms with Crippen LogP contribution in [0, 0.1) is 11.3 Å². The van der Waals surface area contributed by atoms with Gasteiger partial charge in [0.15, 0.2) is 11.5 Å². The summed E-state index contributed by atoms with van der Waals surface area (Å²) < 4.78 is 0. The van der Waals surface area contributed by atoms with E-state index in [2.05, 4.69) is 20.5 Å². The molecule has 7 heteroatoms. The van der Waals surface area contributed by atoms with Gasteiger partial charge in [-0.05, 0) is 17.7 Å². The fourth-order valence-corrected chi connectivity index (χ4v) is 1.32. The van der Waals surface area contributed by atoms with Crippen LogP contribution < -0.4 is 5.32 Å². The van der Waals surface area contributed by atoms with Gasteiger partial charge in [0.05, 0.1) is 6.07 Å². The zero-order chi connectivity index (χ0) is 12.3. The molecule has 0 bridgehead atoms. The van der Waals surface area contributed by atoms with Gasteiger partial charge in [-0.15, -0.1) is 0 Å². The summed E-state index contributed by atoms with van der Waals surface area (Å²) in [4.78, 5) is 3.83. The number of nitriles is 1. The average Bonchev–Trinajstić information content (AvgIpc) is 2.82. The predicted molar refractivity (Wildman–Crippen MR) is 58.1 cm³/mol. The fourth-order valence-electron chi connectivity index (χ4n) is 1.32. The second kappa shape index (κ2) is 4.40. The number of rotatable bonds is 3. The molecule has 7 nitrogen and oxygen atoms in total. The van der Waals surface area contributed by atoms with Gasteiger partial charge in [0.2, 0.25) is 5.95 Å². The van der Waals surface area contributed by atoms with Crippen molar-refractivity contribution in [3.05, 3.63) is 30.1 Å². The van der Waals surface area contributed by atoms with Gasteiger partial charge in [0.1, 0.15) is 12.4 Å². The molecule has 0 aliphatic heterocycles. The minimum absolute atomic E-state index is 0.231. The summed E-state index contributed by atoms with van der Waals surface area (Å²) in [6.45, 7) is 0. The van der Waals surface area contributed by atoms with Crippen LogP contribution in [0.15, 0.2) is 24.5 Å². The zero-order valence-corrected chi connectivity index (χ0v) is 8.62. The monoisotopic (exact) mass is 231 g/mol. The van der Waals surface area contributed by atoms with E-state index in [-0.39, 0.29) is 11.5 Å². The first-order valence-corrected chi connectivity index (χ1v) is 4.74.